The summed E-state index contributed by atoms with van der Waals surface area (Å²) in [5, 5.41) is 7.33. The first-order valence-electron chi connectivity index (χ1n) is 8.00. The molecule has 3 aromatic rings. The Hall–Kier alpha value is -3.28. The van der Waals surface area contributed by atoms with Crippen molar-refractivity contribution in [2.45, 2.75) is 19.9 Å². The average molecular weight is 333 g/mol. The number of carbonyl (C=O) groups is 1. The predicted molar refractivity (Wildman–Crippen MR) is 95.9 cm³/mol. The monoisotopic (exact) mass is 333 g/mol. The second-order valence-corrected chi connectivity index (χ2v) is 5.60. The zero-order chi connectivity index (χ0) is 17.6. The molecule has 0 saturated carbocycles. The normalized spacial score (nSPS) is 12.2. The van der Waals surface area contributed by atoms with Gasteiger partial charge in [0.2, 0.25) is 5.91 Å². The van der Waals surface area contributed by atoms with Gasteiger partial charge < -0.3 is 5.32 Å². The maximum atomic E-state index is 12.1. The average Bonchev–Trinajstić information content (AvgIpc) is 3.03. The molecule has 1 unspecified atom stereocenters. The molecule has 0 bridgehead atoms. The van der Waals surface area contributed by atoms with Crippen LogP contribution in [0.1, 0.15) is 29.9 Å². The SMILES string of the molecule is Cc1c(C(C)NC(=O)/C=C/c2ccccn2)cnn1-c1ccccn1. The van der Waals surface area contributed by atoms with Crippen molar-refractivity contribution in [3.63, 3.8) is 0 Å². The van der Waals surface area contributed by atoms with Gasteiger partial charge in [-0.2, -0.15) is 5.10 Å². The first-order chi connectivity index (χ1) is 12.1. The molecule has 3 heterocycles. The highest BCUT2D eigenvalue weighted by atomic mass is 16.1. The van der Waals surface area contributed by atoms with E-state index in [1.165, 1.54) is 6.08 Å². The zero-order valence-electron chi connectivity index (χ0n) is 14.1. The van der Waals surface area contributed by atoms with Crippen LogP contribution in [0.4, 0.5) is 0 Å². The molecule has 0 aliphatic rings. The smallest absolute Gasteiger partial charge is 0.244 e. The molecule has 0 aliphatic carbocycles. The van der Waals surface area contributed by atoms with Crippen molar-refractivity contribution in [2.24, 2.45) is 0 Å². The van der Waals surface area contributed by atoms with Gasteiger partial charge in [-0.15, -0.1) is 0 Å². The lowest BCUT2D eigenvalue weighted by atomic mass is 10.1. The van der Waals surface area contributed by atoms with Gasteiger partial charge in [-0.3, -0.25) is 9.78 Å². The van der Waals surface area contributed by atoms with E-state index in [0.717, 1.165) is 22.8 Å². The Balaban J connectivity index is 1.69. The minimum absolute atomic E-state index is 0.168. The van der Waals surface area contributed by atoms with Crippen LogP contribution < -0.4 is 5.32 Å². The lowest BCUT2D eigenvalue weighted by Crippen LogP contribution is -2.25. The van der Waals surface area contributed by atoms with Crippen LogP contribution in [-0.4, -0.2) is 25.7 Å². The number of rotatable bonds is 5. The molecule has 0 saturated heterocycles. The molecule has 6 nitrogen and oxygen atoms in total. The van der Waals surface area contributed by atoms with Gasteiger partial charge in [-0.05, 0) is 44.2 Å². The van der Waals surface area contributed by atoms with Gasteiger partial charge in [0.15, 0.2) is 5.82 Å². The second-order valence-electron chi connectivity index (χ2n) is 5.60. The van der Waals surface area contributed by atoms with Gasteiger partial charge >= 0.3 is 0 Å². The zero-order valence-corrected chi connectivity index (χ0v) is 14.1. The Morgan fingerprint density at radius 3 is 2.60 bits per heavy atom. The minimum Gasteiger partial charge on any atom is -0.346 e. The summed E-state index contributed by atoms with van der Waals surface area (Å²) in [7, 11) is 0. The van der Waals surface area contributed by atoms with Crippen LogP contribution in [0.5, 0.6) is 0 Å². The predicted octanol–water partition coefficient (Wildman–Crippen LogP) is 2.86. The number of amides is 1. The summed E-state index contributed by atoms with van der Waals surface area (Å²) in [5.41, 5.74) is 2.63. The van der Waals surface area contributed by atoms with Crippen molar-refractivity contribution >= 4 is 12.0 Å². The summed E-state index contributed by atoms with van der Waals surface area (Å²) in [6.07, 6.45) is 8.35. The molecular formula is C19H19N5O. The summed E-state index contributed by atoms with van der Waals surface area (Å²) in [5.74, 6) is 0.572. The van der Waals surface area contributed by atoms with E-state index in [9.17, 15) is 4.79 Å². The Morgan fingerprint density at radius 2 is 1.92 bits per heavy atom. The maximum Gasteiger partial charge on any atom is 0.244 e. The van der Waals surface area contributed by atoms with E-state index >= 15 is 0 Å². The van der Waals surface area contributed by atoms with Gasteiger partial charge in [0.25, 0.3) is 0 Å². The fraction of sp³-hybridized carbons (Fsp3) is 0.158. The maximum absolute atomic E-state index is 12.1. The van der Waals surface area contributed by atoms with Crippen molar-refractivity contribution in [1.82, 2.24) is 25.1 Å². The van der Waals surface area contributed by atoms with Crippen LogP contribution in [0.15, 0.2) is 61.1 Å². The quantitative estimate of drug-likeness (QED) is 0.729. The van der Waals surface area contributed by atoms with Crippen molar-refractivity contribution in [2.75, 3.05) is 0 Å². The molecule has 126 valence electrons. The number of pyridine rings is 2. The van der Waals surface area contributed by atoms with Gasteiger partial charge in [0.1, 0.15) is 0 Å². The lowest BCUT2D eigenvalue weighted by Gasteiger charge is -2.12. The van der Waals surface area contributed by atoms with Gasteiger partial charge in [0, 0.05) is 29.7 Å². The van der Waals surface area contributed by atoms with Crippen LogP contribution >= 0.6 is 0 Å². The van der Waals surface area contributed by atoms with Gasteiger partial charge in [-0.25, -0.2) is 9.67 Å². The molecule has 0 aliphatic heterocycles. The molecule has 6 heteroatoms. The van der Waals surface area contributed by atoms with Crippen molar-refractivity contribution < 1.29 is 4.79 Å². The van der Waals surface area contributed by atoms with E-state index in [2.05, 4.69) is 20.4 Å². The van der Waals surface area contributed by atoms with E-state index in [-0.39, 0.29) is 11.9 Å². The number of carbonyl (C=O) groups excluding carboxylic acids is 1. The molecule has 1 N–H and O–H groups in total. The lowest BCUT2D eigenvalue weighted by molar-refractivity contribution is -0.117. The highest BCUT2D eigenvalue weighted by Crippen LogP contribution is 2.19. The molecule has 1 atom stereocenters. The molecule has 0 spiro atoms. The van der Waals surface area contributed by atoms with Crippen molar-refractivity contribution in [3.8, 4) is 5.82 Å². The number of aromatic nitrogens is 4. The summed E-state index contributed by atoms with van der Waals surface area (Å²) in [6, 6.07) is 11.1. The van der Waals surface area contributed by atoms with E-state index < -0.39 is 0 Å². The third kappa shape index (κ3) is 3.98. The summed E-state index contributed by atoms with van der Waals surface area (Å²) < 4.78 is 1.77. The van der Waals surface area contributed by atoms with Crippen LogP contribution in [0.25, 0.3) is 11.9 Å². The highest BCUT2D eigenvalue weighted by Gasteiger charge is 2.15. The Morgan fingerprint density at radius 1 is 1.16 bits per heavy atom. The third-order valence-corrected chi connectivity index (χ3v) is 3.83. The summed E-state index contributed by atoms with van der Waals surface area (Å²) >= 11 is 0. The van der Waals surface area contributed by atoms with Crippen molar-refractivity contribution in [3.05, 3.63) is 78.0 Å². The van der Waals surface area contributed by atoms with Crippen molar-refractivity contribution in [1.29, 1.82) is 0 Å². The molecular weight excluding hydrogens is 314 g/mol. The van der Waals surface area contributed by atoms with E-state index in [1.54, 1.807) is 29.3 Å². The molecule has 3 rings (SSSR count). The standard InChI is InChI=1S/C19H19N5O/c1-14(23-19(25)10-9-16-7-3-5-11-20-16)17-13-22-24(15(17)2)18-8-4-6-12-21-18/h3-14H,1-2H3,(H,23,25)/b10-9+. The van der Waals surface area contributed by atoms with Crippen LogP contribution in [0, 0.1) is 6.92 Å². The fourth-order valence-electron chi connectivity index (χ4n) is 2.53. The largest absolute Gasteiger partial charge is 0.346 e. The Kier molecular flexibility index (Phi) is 4.99. The molecule has 3 aromatic heterocycles. The molecule has 0 aromatic carbocycles. The van der Waals surface area contributed by atoms with E-state index in [1.807, 2.05) is 50.2 Å². The molecule has 1 amide bonds. The first kappa shape index (κ1) is 16.6. The highest BCUT2D eigenvalue weighted by molar-refractivity contribution is 5.91. The minimum atomic E-state index is -0.178. The topological polar surface area (TPSA) is 72.7 Å². The second kappa shape index (κ2) is 7.53. The molecule has 0 radical (unpaired) electrons. The first-order valence-corrected chi connectivity index (χ1v) is 8.00. The number of hydrogen-bond acceptors (Lipinski definition) is 4. The number of nitrogens with zero attached hydrogens (tertiary/aromatic N) is 4. The number of nitrogens with one attached hydrogen (secondary N) is 1. The van der Waals surface area contributed by atoms with Crippen LogP contribution in [0.2, 0.25) is 0 Å². The van der Waals surface area contributed by atoms with Gasteiger partial charge in [-0.1, -0.05) is 12.1 Å². The third-order valence-electron chi connectivity index (χ3n) is 3.83. The molecule has 0 fully saturated rings. The van der Waals surface area contributed by atoms with E-state index in [4.69, 9.17) is 0 Å². The Bertz CT molecular complexity index is 871. The van der Waals surface area contributed by atoms with Gasteiger partial charge in [0.05, 0.1) is 17.9 Å². The van der Waals surface area contributed by atoms with Crippen LogP contribution in [0.3, 0.4) is 0 Å². The fourth-order valence-corrected chi connectivity index (χ4v) is 2.53. The Labute approximate surface area is 146 Å². The molecule has 25 heavy (non-hydrogen) atoms. The summed E-state index contributed by atoms with van der Waals surface area (Å²) in [6.45, 7) is 3.89. The van der Waals surface area contributed by atoms with Crippen LogP contribution in [-0.2, 0) is 4.79 Å². The summed E-state index contributed by atoms with van der Waals surface area (Å²) in [4.78, 5) is 20.6. The number of hydrogen-bond donors (Lipinski definition) is 1. The van der Waals surface area contributed by atoms with E-state index in [0.29, 0.717) is 0 Å².